The molecule has 2 unspecified atom stereocenters. The molecule has 1 fully saturated rings. The Morgan fingerprint density at radius 3 is 2.62 bits per heavy atom. The van der Waals surface area contributed by atoms with Crippen LogP contribution >= 0.6 is 0 Å². The van der Waals surface area contributed by atoms with Crippen LogP contribution in [-0.2, 0) is 0 Å². The Bertz CT molecular complexity index is 172. The molecular formula is C14H29NO. The zero-order valence-corrected chi connectivity index (χ0v) is 11.1. The van der Waals surface area contributed by atoms with Crippen LogP contribution in [0.3, 0.4) is 0 Å². The van der Waals surface area contributed by atoms with E-state index in [9.17, 15) is 0 Å². The zero-order valence-electron chi connectivity index (χ0n) is 11.1. The minimum absolute atomic E-state index is 0.329. The molecule has 2 nitrogen and oxygen atoms in total. The molecule has 2 heteroatoms. The van der Waals surface area contributed by atoms with Crippen LogP contribution in [0.5, 0.6) is 0 Å². The van der Waals surface area contributed by atoms with E-state index in [0.717, 1.165) is 24.9 Å². The summed E-state index contributed by atoms with van der Waals surface area (Å²) in [6.45, 7) is 3.69. The molecule has 0 radical (unpaired) electrons. The maximum absolute atomic E-state index is 8.91. The highest BCUT2D eigenvalue weighted by Gasteiger charge is 2.25. The molecule has 2 atom stereocenters. The molecule has 1 aliphatic rings. The summed E-state index contributed by atoms with van der Waals surface area (Å²) < 4.78 is 0. The molecule has 0 bridgehead atoms. The summed E-state index contributed by atoms with van der Waals surface area (Å²) >= 11 is 0. The molecular weight excluding hydrogens is 198 g/mol. The summed E-state index contributed by atoms with van der Waals surface area (Å²) in [6, 6.07) is 0.772. The van der Waals surface area contributed by atoms with Crippen LogP contribution in [0.1, 0.15) is 58.3 Å². The predicted octanol–water partition coefficient (Wildman–Crippen LogP) is 3.05. The molecule has 0 aliphatic heterocycles. The van der Waals surface area contributed by atoms with Crippen LogP contribution in [0, 0.1) is 5.92 Å². The van der Waals surface area contributed by atoms with Crippen molar-refractivity contribution in [2.24, 2.45) is 5.92 Å². The molecule has 0 aromatic rings. The van der Waals surface area contributed by atoms with E-state index in [1.165, 1.54) is 44.9 Å². The fourth-order valence-corrected chi connectivity index (χ4v) is 3.14. The first-order chi connectivity index (χ1) is 7.79. The number of hydrogen-bond acceptors (Lipinski definition) is 2. The lowest BCUT2D eigenvalue weighted by Crippen LogP contribution is -2.38. The van der Waals surface area contributed by atoms with Gasteiger partial charge in [-0.05, 0) is 38.6 Å². The molecule has 0 heterocycles. The van der Waals surface area contributed by atoms with Gasteiger partial charge in [0.1, 0.15) is 0 Å². The second-order valence-electron chi connectivity index (χ2n) is 5.31. The minimum atomic E-state index is 0.329. The predicted molar refractivity (Wildman–Crippen MR) is 69.6 cm³/mol. The van der Waals surface area contributed by atoms with Crippen molar-refractivity contribution in [1.82, 2.24) is 4.90 Å². The van der Waals surface area contributed by atoms with Crippen LogP contribution in [0.2, 0.25) is 0 Å². The molecule has 0 amide bonds. The monoisotopic (exact) mass is 227 g/mol. The Kier molecular flexibility index (Phi) is 7.06. The van der Waals surface area contributed by atoms with Crippen molar-refractivity contribution in [2.45, 2.75) is 64.3 Å². The highest BCUT2D eigenvalue weighted by atomic mass is 16.3. The summed E-state index contributed by atoms with van der Waals surface area (Å²) in [5, 5.41) is 8.91. The first-order valence-electron chi connectivity index (χ1n) is 7.10. The van der Waals surface area contributed by atoms with E-state index < -0.39 is 0 Å². The topological polar surface area (TPSA) is 23.5 Å². The Morgan fingerprint density at radius 2 is 1.94 bits per heavy atom. The quantitative estimate of drug-likeness (QED) is 0.705. The van der Waals surface area contributed by atoms with Gasteiger partial charge < -0.3 is 10.0 Å². The van der Waals surface area contributed by atoms with Gasteiger partial charge >= 0.3 is 0 Å². The van der Waals surface area contributed by atoms with Crippen LogP contribution in [-0.4, -0.2) is 36.2 Å². The van der Waals surface area contributed by atoms with Gasteiger partial charge in [0.25, 0.3) is 0 Å². The highest BCUT2D eigenvalue weighted by Crippen LogP contribution is 2.30. The Morgan fingerprint density at radius 1 is 1.19 bits per heavy atom. The molecule has 96 valence electrons. The molecule has 1 aliphatic carbocycles. The summed E-state index contributed by atoms with van der Waals surface area (Å²) in [6.07, 6.45) is 10.7. The number of aliphatic hydroxyl groups excluding tert-OH is 1. The molecule has 0 saturated heterocycles. The molecule has 1 rings (SSSR count). The number of nitrogens with zero attached hydrogens (tertiary/aromatic N) is 1. The van der Waals surface area contributed by atoms with Crippen molar-refractivity contribution in [2.75, 3.05) is 20.2 Å². The maximum Gasteiger partial charge on any atom is 0.0443 e. The molecule has 0 aromatic carbocycles. The number of hydrogen-bond donors (Lipinski definition) is 1. The smallest absolute Gasteiger partial charge is 0.0443 e. The Balaban J connectivity index is 2.48. The van der Waals surface area contributed by atoms with E-state index in [1.807, 2.05) is 0 Å². The summed E-state index contributed by atoms with van der Waals surface area (Å²) in [4.78, 5) is 2.50. The zero-order chi connectivity index (χ0) is 11.8. The van der Waals surface area contributed by atoms with Gasteiger partial charge in [-0.1, -0.05) is 32.6 Å². The van der Waals surface area contributed by atoms with E-state index in [2.05, 4.69) is 18.9 Å². The van der Waals surface area contributed by atoms with Crippen LogP contribution in [0.15, 0.2) is 0 Å². The van der Waals surface area contributed by atoms with Crippen LogP contribution in [0.4, 0.5) is 0 Å². The van der Waals surface area contributed by atoms with Gasteiger partial charge in [-0.3, -0.25) is 0 Å². The molecule has 16 heavy (non-hydrogen) atoms. The van der Waals surface area contributed by atoms with Crippen molar-refractivity contribution in [3.63, 3.8) is 0 Å². The summed E-state index contributed by atoms with van der Waals surface area (Å²) in [5.74, 6) is 0.899. The van der Waals surface area contributed by atoms with E-state index in [1.54, 1.807) is 0 Å². The average molecular weight is 227 g/mol. The summed E-state index contributed by atoms with van der Waals surface area (Å²) in [7, 11) is 2.24. The fourth-order valence-electron chi connectivity index (χ4n) is 3.14. The molecule has 0 aromatic heterocycles. The van der Waals surface area contributed by atoms with Crippen molar-refractivity contribution in [3.05, 3.63) is 0 Å². The second kappa shape index (κ2) is 8.08. The Labute approximate surface area is 101 Å². The first kappa shape index (κ1) is 14.0. The van der Waals surface area contributed by atoms with E-state index in [0.29, 0.717) is 6.61 Å². The standard InChI is InChI=1S/C14H29NO/c1-3-8-13-9-5-4-6-10-14(13)15(2)11-7-12-16/h13-14,16H,3-12H2,1-2H3. The van der Waals surface area contributed by atoms with Gasteiger partial charge in [0.2, 0.25) is 0 Å². The average Bonchev–Trinajstić information content (AvgIpc) is 2.52. The van der Waals surface area contributed by atoms with Crippen LogP contribution < -0.4 is 0 Å². The first-order valence-corrected chi connectivity index (χ1v) is 7.10. The Hall–Kier alpha value is -0.0800. The SMILES string of the molecule is CCCC1CCCCCC1N(C)CCCO. The van der Waals surface area contributed by atoms with E-state index in [4.69, 9.17) is 5.11 Å². The van der Waals surface area contributed by atoms with Gasteiger partial charge in [-0.15, -0.1) is 0 Å². The van der Waals surface area contributed by atoms with Crippen LogP contribution in [0.25, 0.3) is 0 Å². The fraction of sp³-hybridized carbons (Fsp3) is 1.00. The van der Waals surface area contributed by atoms with Crippen molar-refractivity contribution >= 4 is 0 Å². The lowest BCUT2D eigenvalue weighted by Gasteiger charge is -2.33. The lowest BCUT2D eigenvalue weighted by atomic mass is 9.89. The normalized spacial score (nSPS) is 27.0. The van der Waals surface area contributed by atoms with Crippen molar-refractivity contribution in [1.29, 1.82) is 0 Å². The largest absolute Gasteiger partial charge is 0.396 e. The van der Waals surface area contributed by atoms with Gasteiger partial charge in [-0.2, -0.15) is 0 Å². The lowest BCUT2D eigenvalue weighted by molar-refractivity contribution is 0.145. The van der Waals surface area contributed by atoms with Gasteiger partial charge in [-0.25, -0.2) is 0 Å². The summed E-state index contributed by atoms with van der Waals surface area (Å²) in [5.41, 5.74) is 0. The van der Waals surface area contributed by atoms with Crippen molar-refractivity contribution < 1.29 is 5.11 Å². The van der Waals surface area contributed by atoms with Gasteiger partial charge in [0.05, 0.1) is 0 Å². The number of rotatable bonds is 6. The third-order valence-corrected chi connectivity index (χ3v) is 4.01. The number of aliphatic hydroxyl groups is 1. The van der Waals surface area contributed by atoms with Crippen molar-refractivity contribution in [3.8, 4) is 0 Å². The highest BCUT2D eigenvalue weighted by molar-refractivity contribution is 4.80. The van der Waals surface area contributed by atoms with E-state index >= 15 is 0 Å². The second-order valence-corrected chi connectivity index (χ2v) is 5.31. The molecule has 0 spiro atoms. The maximum atomic E-state index is 8.91. The third kappa shape index (κ3) is 4.42. The third-order valence-electron chi connectivity index (χ3n) is 4.01. The van der Waals surface area contributed by atoms with Gasteiger partial charge in [0.15, 0.2) is 0 Å². The van der Waals surface area contributed by atoms with E-state index in [-0.39, 0.29) is 0 Å². The molecule has 1 saturated carbocycles. The molecule has 1 N–H and O–H groups in total. The minimum Gasteiger partial charge on any atom is -0.396 e. The van der Waals surface area contributed by atoms with Gasteiger partial charge in [0, 0.05) is 19.2 Å².